The Labute approximate surface area is 149 Å². The van der Waals surface area contributed by atoms with Gasteiger partial charge in [0, 0.05) is 12.1 Å². The topological polar surface area (TPSA) is 75.3 Å². The number of amides is 1. The number of aryl methyl sites for hydroxylation is 2. The summed E-state index contributed by atoms with van der Waals surface area (Å²) in [5, 5.41) is 2.79. The number of carbonyl (C=O) groups excluding carboxylic acids is 1. The van der Waals surface area contributed by atoms with Crippen LogP contribution in [0.25, 0.3) is 0 Å². The molecule has 0 bridgehead atoms. The van der Waals surface area contributed by atoms with Crippen LogP contribution < -0.4 is 10.0 Å². The van der Waals surface area contributed by atoms with Crippen molar-refractivity contribution >= 4 is 21.6 Å². The smallest absolute Gasteiger partial charge is 0.261 e. The van der Waals surface area contributed by atoms with Crippen molar-refractivity contribution in [2.24, 2.45) is 5.92 Å². The zero-order chi connectivity index (χ0) is 18.6. The van der Waals surface area contributed by atoms with E-state index in [-0.39, 0.29) is 10.8 Å². The van der Waals surface area contributed by atoms with Crippen LogP contribution in [0.3, 0.4) is 0 Å². The fourth-order valence-corrected chi connectivity index (χ4v) is 3.42. The van der Waals surface area contributed by atoms with Crippen molar-refractivity contribution in [2.75, 3.05) is 11.3 Å². The zero-order valence-electron chi connectivity index (χ0n) is 15.0. The number of carbonyl (C=O) groups is 1. The molecule has 0 saturated carbocycles. The Bertz CT molecular complexity index is 874. The monoisotopic (exact) mass is 360 g/mol. The minimum Gasteiger partial charge on any atom is -0.352 e. The van der Waals surface area contributed by atoms with E-state index in [1.165, 1.54) is 12.1 Å². The molecule has 0 heterocycles. The van der Waals surface area contributed by atoms with Gasteiger partial charge < -0.3 is 5.32 Å². The normalized spacial score (nSPS) is 11.4. The number of hydrogen-bond donors (Lipinski definition) is 2. The van der Waals surface area contributed by atoms with Crippen molar-refractivity contribution < 1.29 is 13.2 Å². The lowest BCUT2D eigenvalue weighted by Gasteiger charge is -2.12. The number of hydrogen-bond acceptors (Lipinski definition) is 3. The molecule has 6 heteroatoms. The van der Waals surface area contributed by atoms with Gasteiger partial charge in [-0.1, -0.05) is 32.0 Å². The van der Waals surface area contributed by atoms with Gasteiger partial charge in [-0.3, -0.25) is 9.52 Å². The summed E-state index contributed by atoms with van der Waals surface area (Å²) in [6.45, 7) is 8.27. The predicted octanol–water partition coefficient (Wildman–Crippen LogP) is 3.49. The van der Waals surface area contributed by atoms with Crippen LogP contribution >= 0.6 is 0 Å². The molecule has 134 valence electrons. The molecule has 0 unspecified atom stereocenters. The summed E-state index contributed by atoms with van der Waals surface area (Å²) in [5.41, 5.74) is 2.66. The van der Waals surface area contributed by atoms with Crippen molar-refractivity contribution in [3.05, 3.63) is 59.2 Å². The molecule has 0 atom stereocenters. The Hall–Kier alpha value is -2.34. The summed E-state index contributed by atoms with van der Waals surface area (Å²) in [7, 11) is -3.77. The molecule has 2 rings (SSSR count). The lowest BCUT2D eigenvalue weighted by Crippen LogP contribution is -2.27. The maximum atomic E-state index is 12.7. The van der Waals surface area contributed by atoms with Gasteiger partial charge in [-0.05, 0) is 55.2 Å². The Morgan fingerprint density at radius 1 is 1.08 bits per heavy atom. The zero-order valence-corrected chi connectivity index (χ0v) is 15.8. The molecule has 0 saturated heterocycles. The van der Waals surface area contributed by atoms with E-state index in [0.29, 0.717) is 23.7 Å². The number of nitrogens with one attached hydrogen (secondary N) is 2. The van der Waals surface area contributed by atoms with Crippen LogP contribution in [0.15, 0.2) is 47.4 Å². The quantitative estimate of drug-likeness (QED) is 0.828. The summed E-state index contributed by atoms with van der Waals surface area (Å²) in [5.74, 6) is 0.0410. The number of rotatable bonds is 6. The molecule has 5 nitrogen and oxygen atoms in total. The summed E-state index contributed by atoms with van der Waals surface area (Å²) < 4.78 is 27.9. The Morgan fingerprint density at radius 3 is 2.48 bits per heavy atom. The lowest BCUT2D eigenvalue weighted by molar-refractivity contribution is 0.0949. The van der Waals surface area contributed by atoms with Crippen molar-refractivity contribution in [1.82, 2.24) is 5.32 Å². The second-order valence-electron chi connectivity index (χ2n) is 6.56. The number of sulfonamides is 1. The largest absolute Gasteiger partial charge is 0.352 e. The van der Waals surface area contributed by atoms with E-state index in [1.807, 2.05) is 39.8 Å². The van der Waals surface area contributed by atoms with Gasteiger partial charge in [0.05, 0.1) is 10.6 Å². The van der Waals surface area contributed by atoms with Crippen LogP contribution in [0, 0.1) is 19.8 Å². The Balaban J connectivity index is 2.26. The van der Waals surface area contributed by atoms with Crippen molar-refractivity contribution in [3.63, 3.8) is 0 Å². The molecule has 0 spiro atoms. The maximum Gasteiger partial charge on any atom is 0.261 e. The lowest BCUT2D eigenvalue weighted by atomic mass is 10.1. The highest BCUT2D eigenvalue weighted by molar-refractivity contribution is 7.92. The number of anilines is 1. The van der Waals surface area contributed by atoms with E-state index < -0.39 is 10.0 Å². The molecule has 0 aliphatic carbocycles. The van der Waals surface area contributed by atoms with Gasteiger partial charge in [0.1, 0.15) is 0 Å². The first-order valence-electron chi connectivity index (χ1n) is 8.17. The molecular formula is C19H24N2O3S. The molecule has 25 heavy (non-hydrogen) atoms. The van der Waals surface area contributed by atoms with Gasteiger partial charge in [-0.15, -0.1) is 0 Å². The van der Waals surface area contributed by atoms with Gasteiger partial charge in [0.2, 0.25) is 0 Å². The van der Waals surface area contributed by atoms with Crippen molar-refractivity contribution in [2.45, 2.75) is 32.6 Å². The SMILES string of the molecule is Cc1ccc(C)c(NS(=O)(=O)c2cccc(C(=O)NCC(C)C)c2)c1. The standard InChI is InChI=1S/C19H24N2O3S/c1-13(2)12-20-19(22)16-6-5-7-17(11-16)25(23,24)21-18-10-14(3)8-9-15(18)4/h5-11,13,21H,12H2,1-4H3,(H,20,22). The Morgan fingerprint density at radius 2 is 1.80 bits per heavy atom. The highest BCUT2D eigenvalue weighted by Crippen LogP contribution is 2.21. The third-order valence-electron chi connectivity index (χ3n) is 3.71. The van der Waals surface area contributed by atoms with Gasteiger partial charge in [-0.2, -0.15) is 0 Å². The summed E-state index contributed by atoms with van der Waals surface area (Å²) in [6.07, 6.45) is 0. The fourth-order valence-electron chi connectivity index (χ4n) is 2.25. The van der Waals surface area contributed by atoms with Crippen LogP contribution in [-0.4, -0.2) is 20.9 Å². The maximum absolute atomic E-state index is 12.7. The molecule has 2 aromatic carbocycles. The third-order valence-corrected chi connectivity index (χ3v) is 5.08. The molecule has 0 fully saturated rings. The highest BCUT2D eigenvalue weighted by Gasteiger charge is 2.17. The first-order valence-corrected chi connectivity index (χ1v) is 9.65. The first-order chi connectivity index (χ1) is 11.7. The molecule has 0 aliphatic rings. The van der Waals surface area contributed by atoms with E-state index in [2.05, 4.69) is 10.0 Å². The average Bonchev–Trinajstić information content (AvgIpc) is 2.56. The van der Waals surface area contributed by atoms with E-state index in [0.717, 1.165) is 11.1 Å². The number of benzene rings is 2. The molecule has 1 amide bonds. The van der Waals surface area contributed by atoms with Gasteiger partial charge in [-0.25, -0.2) is 8.42 Å². The van der Waals surface area contributed by atoms with Gasteiger partial charge >= 0.3 is 0 Å². The van der Waals surface area contributed by atoms with Crippen LogP contribution in [0.2, 0.25) is 0 Å². The predicted molar refractivity (Wildman–Crippen MR) is 100 cm³/mol. The van der Waals surface area contributed by atoms with E-state index in [1.54, 1.807) is 18.2 Å². The van der Waals surface area contributed by atoms with Crippen LogP contribution in [-0.2, 0) is 10.0 Å². The minimum absolute atomic E-state index is 0.0607. The van der Waals surface area contributed by atoms with Crippen LogP contribution in [0.4, 0.5) is 5.69 Å². The van der Waals surface area contributed by atoms with Crippen LogP contribution in [0.1, 0.15) is 35.3 Å². The van der Waals surface area contributed by atoms with Crippen molar-refractivity contribution in [1.29, 1.82) is 0 Å². The summed E-state index contributed by atoms with van der Waals surface area (Å²) in [6, 6.07) is 11.6. The fraction of sp³-hybridized carbons (Fsp3) is 0.316. The Kier molecular flexibility index (Phi) is 5.85. The van der Waals surface area contributed by atoms with Gasteiger partial charge in [0.15, 0.2) is 0 Å². The second kappa shape index (κ2) is 7.70. The first kappa shape index (κ1) is 19.0. The van der Waals surface area contributed by atoms with Crippen molar-refractivity contribution in [3.8, 4) is 0 Å². The van der Waals surface area contributed by atoms with Gasteiger partial charge in [0.25, 0.3) is 15.9 Å². The summed E-state index contributed by atoms with van der Waals surface area (Å²) >= 11 is 0. The average molecular weight is 360 g/mol. The molecule has 2 N–H and O–H groups in total. The minimum atomic E-state index is -3.77. The third kappa shape index (κ3) is 5.06. The molecule has 0 aliphatic heterocycles. The molecular weight excluding hydrogens is 336 g/mol. The molecule has 2 aromatic rings. The second-order valence-corrected chi connectivity index (χ2v) is 8.24. The summed E-state index contributed by atoms with van der Waals surface area (Å²) in [4.78, 5) is 12.2. The highest BCUT2D eigenvalue weighted by atomic mass is 32.2. The van der Waals surface area contributed by atoms with E-state index in [4.69, 9.17) is 0 Å². The van der Waals surface area contributed by atoms with E-state index >= 15 is 0 Å². The molecule has 0 aromatic heterocycles. The molecule has 0 radical (unpaired) electrons. The van der Waals surface area contributed by atoms with Crippen LogP contribution in [0.5, 0.6) is 0 Å². The van der Waals surface area contributed by atoms with E-state index in [9.17, 15) is 13.2 Å².